The Bertz CT molecular complexity index is 648. The Kier molecular flexibility index (Phi) is 3.54. The van der Waals surface area contributed by atoms with E-state index in [9.17, 15) is 9.59 Å². The molecule has 0 aromatic carbocycles. The van der Waals surface area contributed by atoms with E-state index < -0.39 is 5.97 Å². The fourth-order valence-electron chi connectivity index (χ4n) is 6.65. The summed E-state index contributed by atoms with van der Waals surface area (Å²) in [4.78, 5) is 27.9. The van der Waals surface area contributed by atoms with Gasteiger partial charge in [-0.05, 0) is 73.8 Å². The molecule has 0 spiro atoms. The van der Waals surface area contributed by atoms with Crippen LogP contribution in [0.4, 0.5) is 0 Å². The highest BCUT2D eigenvalue weighted by atomic mass is 17.1. The van der Waals surface area contributed by atoms with E-state index in [-0.39, 0.29) is 22.5 Å². The lowest BCUT2D eigenvalue weighted by Gasteiger charge is -2.56. The zero-order chi connectivity index (χ0) is 17.1. The Morgan fingerprint density at radius 2 is 2.00 bits per heavy atom. The standard InChI is InChI=1S/C20H26O4/c1-19-9-7-13(21)11-12(19)3-4-14-15-5-6-17(18(22)24-23)20(15,2)10-8-16(14)19/h7,9,11,14-17,23H,3-6,8,10H2,1-2H3/t14-,15-,16-,17?,19-,20-/m0/s1. The van der Waals surface area contributed by atoms with E-state index >= 15 is 0 Å². The van der Waals surface area contributed by atoms with Crippen molar-refractivity contribution in [1.29, 1.82) is 0 Å². The Labute approximate surface area is 142 Å². The topological polar surface area (TPSA) is 63.6 Å². The Balaban J connectivity index is 1.66. The first-order valence-electron chi connectivity index (χ1n) is 9.19. The highest BCUT2D eigenvalue weighted by Crippen LogP contribution is 2.66. The quantitative estimate of drug-likeness (QED) is 0.584. The third-order valence-electron chi connectivity index (χ3n) is 7.93. The van der Waals surface area contributed by atoms with Gasteiger partial charge in [0.1, 0.15) is 0 Å². The lowest BCUT2D eigenvalue weighted by Crippen LogP contribution is -2.50. The van der Waals surface area contributed by atoms with Crippen molar-refractivity contribution in [1.82, 2.24) is 0 Å². The first kappa shape index (κ1) is 16.1. The van der Waals surface area contributed by atoms with Crippen LogP contribution < -0.4 is 0 Å². The van der Waals surface area contributed by atoms with E-state index in [0.29, 0.717) is 17.8 Å². The second kappa shape index (κ2) is 5.29. The smallest absolute Gasteiger partial charge is 0.301 e. The molecule has 3 fully saturated rings. The summed E-state index contributed by atoms with van der Waals surface area (Å²) in [5.41, 5.74) is 1.23. The van der Waals surface area contributed by atoms with Crippen LogP contribution in [0, 0.1) is 34.5 Å². The fraction of sp³-hybridized carbons (Fsp3) is 0.700. The molecule has 4 aliphatic carbocycles. The number of hydrogen-bond donors (Lipinski definition) is 1. The molecule has 4 nitrogen and oxygen atoms in total. The van der Waals surface area contributed by atoms with Gasteiger partial charge in [0, 0.05) is 5.41 Å². The number of ketones is 1. The normalized spacial score (nSPS) is 46.6. The maximum absolute atomic E-state index is 12.0. The number of carbonyl (C=O) groups excluding carboxylic acids is 2. The molecule has 3 saturated carbocycles. The maximum Gasteiger partial charge on any atom is 0.345 e. The lowest BCUT2D eigenvalue weighted by molar-refractivity contribution is -0.243. The summed E-state index contributed by atoms with van der Waals surface area (Å²) in [5.74, 6) is 1.12. The van der Waals surface area contributed by atoms with Gasteiger partial charge in [-0.15, -0.1) is 0 Å². The molecule has 130 valence electrons. The van der Waals surface area contributed by atoms with Gasteiger partial charge in [-0.1, -0.05) is 25.5 Å². The number of carbonyl (C=O) groups is 2. The first-order chi connectivity index (χ1) is 11.4. The summed E-state index contributed by atoms with van der Waals surface area (Å²) in [5, 5.41) is 8.85. The van der Waals surface area contributed by atoms with Gasteiger partial charge in [0.05, 0.1) is 5.92 Å². The number of hydrogen-bond acceptors (Lipinski definition) is 4. The predicted molar refractivity (Wildman–Crippen MR) is 88.8 cm³/mol. The van der Waals surface area contributed by atoms with E-state index in [0.717, 1.165) is 38.5 Å². The summed E-state index contributed by atoms with van der Waals surface area (Å²) in [6, 6.07) is 0. The molecule has 4 heteroatoms. The zero-order valence-electron chi connectivity index (χ0n) is 14.5. The Morgan fingerprint density at radius 3 is 2.75 bits per heavy atom. The molecule has 1 unspecified atom stereocenters. The molecule has 0 bridgehead atoms. The van der Waals surface area contributed by atoms with Crippen molar-refractivity contribution in [2.75, 3.05) is 0 Å². The fourth-order valence-corrected chi connectivity index (χ4v) is 6.65. The van der Waals surface area contributed by atoms with Gasteiger partial charge in [-0.25, -0.2) is 4.79 Å². The van der Waals surface area contributed by atoms with E-state index in [1.165, 1.54) is 5.57 Å². The molecule has 4 rings (SSSR count). The summed E-state index contributed by atoms with van der Waals surface area (Å²) in [6.45, 7) is 4.51. The van der Waals surface area contributed by atoms with Crippen LogP contribution in [0.1, 0.15) is 52.4 Å². The van der Waals surface area contributed by atoms with E-state index in [1.807, 2.05) is 6.08 Å². The third-order valence-corrected chi connectivity index (χ3v) is 7.93. The average Bonchev–Trinajstić information content (AvgIpc) is 2.92. The SMILES string of the molecule is C[C@]12C=CC(=O)C=C1CC[C@@H]1[C@@H]2CC[C@]2(C)C(C(=O)OO)CC[C@@H]12. The van der Waals surface area contributed by atoms with Gasteiger partial charge in [0.15, 0.2) is 5.78 Å². The monoisotopic (exact) mass is 330 g/mol. The second-order valence-electron chi connectivity index (χ2n) is 8.69. The Morgan fingerprint density at radius 1 is 1.21 bits per heavy atom. The van der Waals surface area contributed by atoms with Gasteiger partial charge in [-0.2, -0.15) is 5.26 Å². The molecule has 1 N–H and O–H groups in total. The zero-order valence-corrected chi connectivity index (χ0v) is 14.5. The molecule has 0 aromatic heterocycles. The van der Waals surface area contributed by atoms with Crippen LogP contribution in [-0.4, -0.2) is 17.0 Å². The van der Waals surface area contributed by atoms with Crippen LogP contribution in [0.5, 0.6) is 0 Å². The average molecular weight is 330 g/mol. The lowest BCUT2D eigenvalue weighted by atomic mass is 9.48. The summed E-state index contributed by atoms with van der Waals surface area (Å²) in [6.07, 6.45) is 11.7. The van der Waals surface area contributed by atoms with Crippen LogP contribution in [-0.2, 0) is 14.5 Å². The Hall–Kier alpha value is -1.42. The van der Waals surface area contributed by atoms with Crippen molar-refractivity contribution in [3.05, 3.63) is 23.8 Å². The molecule has 0 heterocycles. The van der Waals surface area contributed by atoms with Gasteiger partial charge in [0.25, 0.3) is 0 Å². The van der Waals surface area contributed by atoms with Crippen molar-refractivity contribution < 1.29 is 19.7 Å². The molecule has 0 radical (unpaired) electrons. The molecule has 0 aliphatic heterocycles. The molecular weight excluding hydrogens is 304 g/mol. The molecule has 24 heavy (non-hydrogen) atoms. The number of rotatable bonds is 1. The van der Waals surface area contributed by atoms with E-state index in [2.05, 4.69) is 24.8 Å². The molecule has 0 saturated heterocycles. The largest absolute Gasteiger partial charge is 0.345 e. The second-order valence-corrected chi connectivity index (χ2v) is 8.69. The minimum atomic E-state index is -0.454. The van der Waals surface area contributed by atoms with Crippen molar-refractivity contribution >= 4 is 11.8 Å². The molecular formula is C20H26O4. The minimum Gasteiger partial charge on any atom is -0.301 e. The third kappa shape index (κ3) is 2.01. The number of allylic oxidation sites excluding steroid dienone is 4. The van der Waals surface area contributed by atoms with Gasteiger partial charge in [0.2, 0.25) is 0 Å². The minimum absolute atomic E-state index is 0.00622. The number of fused-ring (bicyclic) bond motifs is 5. The van der Waals surface area contributed by atoms with E-state index in [4.69, 9.17) is 5.26 Å². The van der Waals surface area contributed by atoms with Gasteiger partial charge < -0.3 is 4.89 Å². The first-order valence-corrected chi connectivity index (χ1v) is 9.19. The molecule has 4 aliphatic rings. The van der Waals surface area contributed by atoms with Gasteiger partial charge in [-0.3, -0.25) is 4.79 Å². The van der Waals surface area contributed by atoms with Crippen molar-refractivity contribution in [2.45, 2.75) is 52.4 Å². The summed E-state index contributed by atoms with van der Waals surface area (Å²) < 4.78 is 0. The summed E-state index contributed by atoms with van der Waals surface area (Å²) >= 11 is 0. The van der Waals surface area contributed by atoms with Crippen LogP contribution in [0.2, 0.25) is 0 Å². The van der Waals surface area contributed by atoms with Gasteiger partial charge >= 0.3 is 5.97 Å². The predicted octanol–water partition coefficient (Wildman–Crippen LogP) is 3.93. The van der Waals surface area contributed by atoms with E-state index in [1.54, 1.807) is 6.08 Å². The molecule has 0 amide bonds. The maximum atomic E-state index is 12.0. The highest BCUT2D eigenvalue weighted by molar-refractivity contribution is 6.01. The van der Waals surface area contributed by atoms with Crippen molar-refractivity contribution in [2.24, 2.45) is 34.5 Å². The van der Waals surface area contributed by atoms with Crippen LogP contribution in [0.3, 0.4) is 0 Å². The van der Waals surface area contributed by atoms with Crippen LogP contribution >= 0.6 is 0 Å². The van der Waals surface area contributed by atoms with Crippen LogP contribution in [0.25, 0.3) is 0 Å². The highest BCUT2D eigenvalue weighted by Gasteiger charge is 2.60. The molecule has 6 atom stereocenters. The van der Waals surface area contributed by atoms with Crippen molar-refractivity contribution in [3.8, 4) is 0 Å². The van der Waals surface area contributed by atoms with Crippen LogP contribution in [0.15, 0.2) is 23.8 Å². The summed E-state index contributed by atoms with van der Waals surface area (Å²) in [7, 11) is 0. The molecule has 0 aromatic rings. The van der Waals surface area contributed by atoms with Crippen molar-refractivity contribution in [3.63, 3.8) is 0 Å².